The Morgan fingerprint density at radius 2 is 1.89 bits per heavy atom. The molecule has 3 rings (SSSR count). The summed E-state index contributed by atoms with van der Waals surface area (Å²) < 4.78 is 18.8. The minimum Gasteiger partial charge on any atom is -0.457 e. The number of hydrogen-bond donors (Lipinski definition) is 1. The van der Waals surface area contributed by atoms with Crippen molar-refractivity contribution < 1.29 is 23.5 Å². The number of aliphatic hydroxyl groups is 1. The van der Waals surface area contributed by atoms with E-state index >= 15 is 0 Å². The van der Waals surface area contributed by atoms with Gasteiger partial charge in [0.1, 0.15) is 29.0 Å². The molecule has 1 aromatic heterocycles. The smallest absolute Gasteiger partial charge is 0.271 e. The Hall–Kier alpha value is -3.50. The standard InChI is InChI=1S/C21H17FN2O4/c1-13-17(20(26)24(9-2-10-25)21(27)18(13)12-23)11-16-7-8-19(28-16)14-3-5-15(22)6-4-14/h3-8,11,25H,2,9-10H2,1H3. The van der Waals surface area contributed by atoms with Crippen molar-refractivity contribution in [2.75, 3.05) is 13.2 Å². The summed E-state index contributed by atoms with van der Waals surface area (Å²) >= 11 is 0. The minimum absolute atomic E-state index is 0.0168. The van der Waals surface area contributed by atoms with Crippen LogP contribution in [0.1, 0.15) is 19.1 Å². The van der Waals surface area contributed by atoms with Crippen LogP contribution in [0.2, 0.25) is 0 Å². The van der Waals surface area contributed by atoms with Crippen molar-refractivity contribution in [2.24, 2.45) is 0 Å². The molecule has 0 fully saturated rings. The topological polar surface area (TPSA) is 94.5 Å². The first-order valence-electron chi connectivity index (χ1n) is 8.62. The first-order chi connectivity index (χ1) is 13.5. The molecule has 2 amide bonds. The van der Waals surface area contributed by atoms with E-state index in [1.165, 1.54) is 25.1 Å². The van der Waals surface area contributed by atoms with E-state index in [1.807, 2.05) is 6.07 Å². The lowest BCUT2D eigenvalue weighted by molar-refractivity contribution is -0.140. The third-order valence-electron chi connectivity index (χ3n) is 4.41. The zero-order chi connectivity index (χ0) is 20.3. The molecule has 2 aromatic rings. The number of carbonyl (C=O) groups is 2. The maximum Gasteiger partial charge on any atom is 0.271 e. The monoisotopic (exact) mass is 380 g/mol. The van der Waals surface area contributed by atoms with Crippen LogP contribution < -0.4 is 0 Å². The van der Waals surface area contributed by atoms with E-state index in [4.69, 9.17) is 9.52 Å². The highest BCUT2D eigenvalue weighted by molar-refractivity contribution is 6.19. The second kappa shape index (κ2) is 8.03. The van der Waals surface area contributed by atoms with Gasteiger partial charge in [0, 0.05) is 24.3 Å². The molecule has 1 aliphatic rings. The summed E-state index contributed by atoms with van der Waals surface area (Å²) in [6, 6.07) is 11.0. The Labute approximate surface area is 160 Å². The SMILES string of the molecule is CC1=C(C#N)C(=O)N(CCCO)C(=O)C1=Cc1ccc(-c2ccc(F)cc2)o1. The molecule has 142 valence electrons. The van der Waals surface area contributed by atoms with Crippen molar-refractivity contribution in [1.29, 1.82) is 5.26 Å². The number of furan rings is 1. The van der Waals surface area contributed by atoms with E-state index in [1.54, 1.807) is 24.3 Å². The summed E-state index contributed by atoms with van der Waals surface area (Å²) in [6.45, 7) is 1.37. The predicted molar refractivity (Wildman–Crippen MR) is 98.8 cm³/mol. The van der Waals surface area contributed by atoms with Gasteiger partial charge in [-0.05, 0) is 61.4 Å². The lowest BCUT2D eigenvalue weighted by Gasteiger charge is -2.27. The van der Waals surface area contributed by atoms with Gasteiger partial charge < -0.3 is 9.52 Å². The molecule has 0 aliphatic carbocycles. The minimum atomic E-state index is -0.665. The van der Waals surface area contributed by atoms with Crippen LogP contribution in [0.5, 0.6) is 0 Å². The number of carbonyl (C=O) groups excluding carboxylic acids is 2. The average molecular weight is 380 g/mol. The van der Waals surface area contributed by atoms with Crippen molar-refractivity contribution in [3.63, 3.8) is 0 Å². The number of amides is 2. The quantitative estimate of drug-likeness (QED) is 0.635. The maximum atomic E-state index is 13.1. The first kappa shape index (κ1) is 19.3. The highest BCUT2D eigenvalue weighted by Crippen LogP contribution is 2.29. The van der Waals surface area contributed by atoms with E-state index in [2.05, 4.69) is 0 Å². The van der Waals surface area contributed by atoms with Crippen LogP contribution >= 0.6 is 0 Å². The van der Waals surface area contributed by atoms with Gasteiger partial charge in [-0.25, -0.2) is 4.39 Å². The van der Waals surface area contributed by atoms with Gasteiger partial charge in [0.15, 0.2) is 0 Å². The molecule has 0 bridgehead atoms. The Balaban J connectivity index is 1.99. The number of imide groups is 1. The number of halogens is 1. The third-order valence-corrected chi connectivity index (χ3v) is 4.41. The van der Waals surface area contributed by atoms with Crippen LogP contribution in [0, 0.1) is 17.1 Å². The second-order valence-electron chi connectivity index (χ2n) is 6.22. The first-order valence-corrected chi connectivity index (χ1v) is 8.62. The van der Waals surface area contributed by atoms with Gasteiger partial charge in [-0.3, -0.25) is 14.5 Å². The lowest BCUT2D eigenvalue weighted by Crippen LogP contribution is -2.43. The molecule has 1 aromatic carbocycles. The fourth-order valence-electron chi connectivity index (χ4n) is 2.90. The highest BCUT2D eigenvalue weighted by atomic mass is 19.1. The lowest BCUT2D eigenvalue weighted by atomic mass is 9.94. The number of hydrogen-bond acceptors (Lipinski definition) is 5. The Morgan fingerprint density at radius 1 is 1.18 bits per heavy atom. The van der Waals surface area contributed by atoms with Gasteiger partial charge in [0.25, 0.3) is 11.8 Å². The molecular formula is C21H17FN2O4. The van der Waals surface area contributed by atoms with Gasteiger partial charge in [0.05, 0.1) is 0 Å². The molecule has 1 N–H and O–H groups in total. The zero-order valence-corrected chi connectivity index (χ0v) is 15.1. The van der Waals surface area contributed by atoms with Crippen LogP contribution in [0.15, 0.2) is 57.5 Å². The van der Waals surface area contributed by atoms with E-state index in [9.17, 15) is 19.2 Å². The maximum absolute atomic E-state index is 13.1. The van der Waals surface area contributed by atoms with E-state index < -0.39 is 11.8 Å². The summed E-state index contributed by atoms with van der Waals surface area (Å²) in [5.74, 6) is -0.721. The Morgan fingerprint density at radius 3 is 2.54 bits per heavy atom. The zero-order valence-electron chi connectivity index (χ0n) is 15.1. The van der Waals surface area contributed by atoms with Crippen molar-refractivity contribution in [1.82, 2.24) is 4.90 Å². The van der Waals surface area contributed by atoms with Crippen LogP contribution in [0.4, 0.5) is 4.39 Å². The fraction of sp³-hybridized carbons (Fsp3) is 0.190. The van der Waals surface area contributed by atoms with Gasteiger partial charge in [-0.15, -0.1) is 0 Å². The largest absolute Gasteiger partial charge is 0.457 e. The molecule has 6 nitrogen and oxygen atoms in total. The van der Waals surface area contributed by atoms with Crippen molar-refractivity contribution in [3.05, 3.63) is 64.7 Å². The average Bonchev–Trinajstić information content (AvgIpc) is 3.15. The van der Waals surface area contributed by atoms with Crippen LogP contribution in [0.25, 0.3) is 17.4 Å². The van der Waals surface area contributed by atoms with Crippen LogP contribution in [0.3, 0.4) is 0 Å². The number of aliphatic hydroxyl groups excluding tert-OH is 1. The van der Waals surface area contributed by atoms with Crippen molar-refractivity contribution in [2.45, 2.75) is 13.3 Å². The summed E-state index contributed by atoms with van der Waals surface area (Å²) in [6.07, 6.45) is 1.69. The van der Waals surface area contributed by atoms with Crippen molar-refractivity contribution in [3.8, 4) is 17.4 Å². The molecule has 0 atom stereocenters. The summed E-state index contributed by atoms with van der Waals surface area (Å²) in [5.41, 5.74) is 1.01. The van der Waals surface area contributed by atoms with Gasteiger partial charge in [-0.1, -0.05) is 0 Å². The van der Waals surface area contributed by atoms with Crippen LogP contribution in [-0.4, -0.2) is 35.0 Å². The van der Waals surface area contributed by atoms with Gasteiger partial charge >= 0.3 is 0 Å². The predicted octanol–water partition coefficient (Wildman–Crippen LogP) is 3.06. The van der Waals surface area contributed by atoms with Gasteiger partial charge in [-0.2, -0.15) is 5.26 Å². The molecule has 7 heteroatoms. The van der Waals surface area contributed by atoms with E-state index in [0.29, 0.717) is 17.1 Å². The molecular weight excluding hydrogens is 363 g/mol. The Bertz CT molecular complexity index is 1030. The Kier molecular flexibility index (Phi) is 5.52. The van der Waals surface area contributed by atoms with Crippen molar-refractivity contribution >= 4 is 17.9 Å². The highest BCUT2D eigenvalue weighted by Gasteiger charge is 2.35. The summed E-state index contributed by atoms with van der Waals surface area (Å²) in [4.78, 5) is 26.1. The van der Waals surface area contributed by atoms with Crippen LogP contribution in [-0.2, 0) is 9.59 Å². The second-order valence-corrected chi connectivity index (χ2v) is 6.22. The molecule has 1 aliphatic heterocycles. The molecule has 0 radical (unpaired) electrons. The molecule has 0 saturated heterocycles. The molecule has 0 spiro atoms. The summed E-state index contributed by atoms with van der Waals surface area (Å²) in [7, 11) is 0. The molecule has 28 heavy (non-hydrogen) atoms. The van der Waals surface area contributed by atoms with E-state index in [-0.39, 0.29) is 42.1 Å². The van der Waals surface area contributed by atoms with Gasteiger partial charge in [0.2, 0.25) is 0 Å². The number of nitrogens with zero attached hydrogens (tertiary/aromatic N) is 2. The normalized spacial score (nSPS) is 16.1. The molecule has 0 saturated carbocycles. The van der Waals surface area contributed by atoms with E-state index in [0.717, 1.165) is 4.90 Å². The molecule has 2 heterocycles. The number of benzene rings is 1. The number of rotatable bonds is 5. The number of nitriles is 1. The summed E-state index contributed by atoms with van der Waals surface area (Å²) in [5, 5.41) is 18.3. The molecule has 0 unspecified atom stereocenters. The third kappa shape index (κ3) is 3.63. The fourth-order valence-corrected chi connectivity index (χ4v) is 2.90.